The van der Waals surface area contributed by atoms with Crippen molar-refractivity contribution in [3.05, 3.63) is 144 Å². The van der Waals surface area contributed by atoms with E-state index in [9.17, 15) is 10.2 Å². The van der Waals surface area contributed by atoms with Crippen LogP contribution >= 0.6 is 0 Å². The van der Waals surface area contributed by atoms with Gasteiger partial charge in [-0.05, 0) is 116 Å². The van der Waals surface area contributed by atoms with Crippen LogP contribution in [0.3, 0.4) is 0 Å². The average Bonchev–Trinajstić information content (AvgIpc) is 3.84. The summed E-state index contributed by atoms with van der Waals surface area (Å²) in [5.74, 6) is 1.02. The fourth-order valence-corrected chi connectivity index (χ4v) is 8.70. The first-order valence-electron chi connectivity index (χ1n) is 21.8. The minimum Gasteiger partial charge on any atom is -0.508 e. The molecule has 2 unspecified atom stereocenters. The van der Waals surface area contributed by atoms with E-state index in [1.807, 2.05) is 48.7 Å². The van der Waals surface area contributed by atoms with Gasteiger partial charge >= 0.3 is 0 Å². The largest absolute Gasteiger partial charge is 0.508 e. The van der Waals surface area contributed by atoms with Crippen molar-refractivity contribution in [3.8, 4) is 34.0 Å². The van der Waals surface area contributed by atoms with E-state index in [1.54, 1.807) is 36.5 Å². The number of aromatic hydroxyl groups is 2. The van der Waals surface area contributed by atoms with Crippen LogP contribution in [0.25, 0.3) is 22.5 Å². The first-order chi connectivity index (χ1) is 30.3. The summed E-state index contributed by atoms with van der Waals surface area (Å²) in [7, 11) is 0. The zero-order valence-electron chi connectivity index (χ0n) is 35.6. The van der Waals surface area contributed by atoms with E-state index in [0.717, 1.165) is 80.2 Å². The second kappa shape index (κ2) is 20.3. The van der Waals surface area contributed by atoms with Gasteiger partial charge in [0.2, 0.25) is 11.9 Å². The molecule has 3 atom stereocenters. The van der Waals surface area contributed by atoms with Crippen molar-refractivity contribution in [3.63, 3.8) is 0 Å². The molecule has 12 nitrogen and oxygen atoms in total. The SMILES string of the molecule is CCN(Cc1cccc(-c2ccnc(N(CCc3ccc(O)cc3)C(c3ccc(F)c(-c4ccnc(NCCc5cccc(O)c5)n4)c3)N3CCNC[C@@H]3C)n2)c1)C1CCNC1. The fraction of sp³-hybridized carbons (Fsp3) is 0.347. The molecule has 0 bridgehead atoms. The van der Waals surface area contributed by atoms with Gasteiger partial charge in [0.15, 0.2) is 0 Å². The minimum absolute atomic E-state index is 0.135. The van der Waals surface area contributed by atoms with Crippen molar-refractivity contribution in [1.29, 1.82) is 0 Å². The van der Waals surface area contributed by atoms with Gasteiger partial charge in [0, 0.05) is 81.4 Å². The topological polar surface area (TPSA) is 138 Å². The standard InChI is InChI=1S/C49H57FN10O2/c1-3-58(40-17-21-51-32-40)33-37-7-4-8-38(28-37)45-18-24-55-49(57-45)60(26-20-35-10-13-41(61)14-11-35)47(59-27-25-52-31-34(59)2)39-12-15-44(50)43(30-39)46-19-23-54-48(56-46)53-22-16-36-6-5-9-42(62)29-36/h4-15,18-19,23-24,28-30,34,40,47,51-52,61-62H,3,16-17,20-22,25-27,31-33H2,1-2H3,(H,53,54,56)/t34-,40?,47?/m0/s1. The number of nitrogens with zero attached hydrogens (tertiary/aromatic N) is 7. The van der Waals surface area contributed by atoms with Crippen LogP contribution in [0.15, 0.2) is 116 Å². The van der Waals surface area contributed by atoms with Gasteiger partial charge in [-0.15, -0.1) is 0 Å². The molecule has 0 saturated carbocycles. The molecule has 2 fully saturated rings. The molecule has 0 amide bonds. The number of hydrogen-bond donors (Lipinski definition) is 5. The highest BCUT2D eigenvalue weighted by molar-refractivity contribution is 5.64. The molecular weight excluding hydrogens is 780 g/mol. The van der Waals surface area contributed by atoms with Gasteiger partial charge in [0.05, 0.1) is 11.4 Å². The Morgan fingerprint density at radius 2 is 1.61 bits per heavy atom. The number of phenols is 2. The molecule has 8 rings (SSSR count). The summed E-state index contributed by atoms with van der Waals surface area (Å²) in [5, 5.41) is 30.3. The quantitative estimate of drug-likeness (QED) is 0.0645. The summed E-state index contributed by atoms with van der Waals surface area (Å²) in [5.41, 5.74) is 6.85. The molecule has 13 heteroatoms. The second-order valence-electron chi connectivity index (χ2n) is 16.3. The minimum atomic E-state index is -0.384. The van der Waals surface area contributed by atoms with E-state index in [4.69, 9.17) is 15.0 Å². The predicted octanol–water partition coefficient (Wildman–Crippen LogP) is 7.03. The van der Waals surface area contributed by atoms with Crippen molar-refractivity contribution < 1.29 is 14.6 Å². The van der Waals surface area contributed by atoms with Crippen molar-refractivity contribution in [2.75, 3.05) is 62.6 Å². The van der Waals surface area contributed by atoms with Gasteiger partial charge < -0.3 is 31.1 Å². The van der Waals surface area contributed by atoms with E-state index in [0.29, 0.717) is 55.1 Å². The molecule has 0 aliphatic carbocycles. The van der Waals surface area contributed by atoms with Gasteiger partial charge in [-0.1, -0.05) is 55.5 Å². The van der Waals surface area contributed by atoms with Crippen LogP contribution in [0.5, 0.6) is 11.5 Å². The van der Waals surface area contributed by atoms with Gasteiger partial charge in [-0.2, -0.15) is 0 Å². The lowest BCUT2D eigenvalue weighted by molar-refractivity contribution is 0.112. The number of phenolic OH excluding ortho intramolecular Hbond substituents is 2. The van der Waals surface area contributed by atoms with Crippen LogP contribution < -0.4 is 20.9 Å². The summed E-state index contributed by atoms with van der Waals surface area (Å²) >= 11 is 0. The first-order valence-corrected chi connectivity index (χ1v) is 21.8. The van der Waals surface area contributed by atoms with Crippen LogP contribution in [0.2, 0.25) is 0 Å². The average molecular weight is 837 g/mol. The third-order valence-corrected chi connectivity index (χ3v) is 12.0. The van der Waals surface area contributed by atoms with Crippen LogP contribution in [0, 0.1) is 5.82 Å². The molecule has 62 heavy (non-hydrogen) atoms. The number of hydrogen-bond acceptors (Lipinski definition) is 12. The van der Waals surface area contributed by atoms with E-state index in [1.165, 1.54) is 11.6 Å². The highest BCUT2D eigenvalue weighted by atomic mass is 19.1. The summed E-state index contributed by atoms with van der Waals surface area (Å²) in [6.45, 7) is 11.8. The molecule has 5 N–H and O–H groups in total. The lowest BCUT2D eigenvalue weighted by Crippen LogP contribution is -2.55. The number of rotatable bonds is 17. The molecule has 2 aromatic heterocycles. The van der Waals surface area contributed by atoms with Gasteiger partial charge in [-0.3, -0.25) is 9.80 Å². The molecule has 2 aliphatic heterocycles. The molecule has 4 heterocycles. The third kappa shape index (κ3) is 10.5. The number of anilines is 2. The highest BCUT2D eigenvalue weighted by Gasteiger charge is 2.34. The zero-order chi connectivity index (χ0) is 42.8. The van der Waals surface area contributed by atoms with Crippen LogP contribution in [-0.4, -0.2) is 104 Å². The number of aromatic nitrogens is 4. The summed E-state index contributed by atoms with van der Waals surface area (Å²) in [4.78, 5) is 26.7. The van der Waals surface area contributed by atoms with Crippen molar-refractivity contribution in [2.45, 2.75) is 57.9 Å². The predicted molar refractivity (Wildman–Crippen MR) is 243 cm³/mol. The van der Waals surface area contributed by atoms with Crippen LogP contribution in [-0.2, 0) is 19.4 Å². The number of halogens is 1. The van der Waals surface area contributed by atoms with Gasteiger partial charge in [0.1, 0.15) is 23.5 Å². The van der Waals surface area contributed by atoms with E-state index < -0.39 is 0 Å². The number of likely N-dealkylation sites (N-methyl/N-ethyl adjacent to an activating group) is 1. The Morgan fingerprint density at radius 3 is 2.42 bits per heavy atom. The Labute approximate surface area is 363 Å². The van der Waals surface area contributed by atoms with Crippen LogP contribution in [0.1, 0.15) is 48.7 Å². The molecule has 4 aromatic carbocycles. The maximum Gasteiger partial charge on any atom is 0.227 e. The number of nitrogens with one attached hydrogen (secondary N) is 3. The van der Waals surface area contributed by atoms with E-state index >= 15 is 4.39 Å². The molecule has 0 spiro atoms. The van der Waals surface area contributed by atoms with Crippen LogP contribution in [0.4, 0.5) is 16.3 Å². The Kier molecular flexibility index (Phi) is 13.9. The lowest BCUT2D eigenvalue weighted by atomic mass is 10.0. The van der Waals surface area contributed by atoms with Crippen molar-refractivity contribution in [1.82, 2.24) is 40.4 Å². The molecule has 322 valence electrons. The molecule has 6 aromatic rings. The number of benzene rings is 4. The summed E-state index contributed by atoms with van der Waals surface area (Å²) in [6.07, 6.45) is 5.58. The smallest absolute Gasteiger partial charge is 0.227 e. The zero-order valence-corrected chi connectivity index (χ0v) is 35.6. The molecule has 2 aliphatic rings. The van der Waals surface area contributed by atoms with Crippen molar-refractivity contribution >= 4 is 11.9 Å². The number of piperazine rings is 1. The third-order valence-electron chi connectivity index (χ3n) is 12.0. The maximum atomic E-state index is 16.1. The Morgan fingerprint density at radius 1 is 0.806 bits per heavy atom. The van der Waals surface area contributed by atoms with E-state index in [2.05, 4.69) is 73.7 Å². The van der Waals surface area contributed by atoms with Crippen molar-refractivity contribution in [2.24, 2.45) is 0 Å². The fourth-order valence-electron chi connectivity index (χ4n) is 8.70. The monoisotopic (exact) mass is 836 g/mol. The van der Waals surface area contributed by atoms with Gasteiger partial charge in [-0.25, -0.2) is 24.3 Å². The molecule has 2 saturated heterocycles. The maximum absolute atomic E-state index is 16.1. The normalized spacial score (nSPS) is 17.3. The Bertz CT molecular complexity index is 2390. The Balaban J connectivity index is 1.14. The first kappa shape index (κ1) is 42.7. The Hall–Kier alpha value is -5.99. The lowest BCUT2D eigenvalue weighted by Gasteiger charge is -2.45. The highest BCUT2D eigenvalue weighted by Crippen LogP contribution is 2.35. The van der Waals surface area contributed by atoms with Gasteiger partial charge in [0.25, 0.3) is 0 Å². The summed E-state index contributed by atoms with van der Waals surface area (Å²) in [6, 6.07) is 32.8. The summed E-state index contributed by atoms with van der Waals surface area (Å²) < 4.78 is 16.1. The molecular formula is C49H57FN10O2. The van der Waals surface area contributed by atoms with E-state index in [-0.39, 0.29) is 29.5 Å². The molecule has 0 radical (unpaired) electrons. The second-order valence-corrected chi connectivity index (χ2v) is 16.3.